The van der Waals surface area contributed by atoms with E-state index < -0.39 is 0 Å². The number of alkyl halides is 1. The van der Waals surface area contributed by atoms with Gasteiger partial charge in [-0.25, -0.2) is 0 Å². The van der Waals surface area contributed by atoms with Crippen LogP contribution in [0, 0.1) is 0 Å². The second-order valence-corrected chi connectivity index (χ2v) is 3.37. The number of halogens is 1. The molecule has 1 heterocycles. The van der Waals surface area contributed by atoms with E-state index in [-0.39, 0.29) is 0 Å². The van der Waals surface area contributed by atoms with Gasteiger partial charge >= 0.3 is 0 Å². The Hall–Kier alpha value is -1.28. The van der Waals surface area contributed by atoms with Crippen molar-refractivity contribution in [1.82, 2.24) is 5.16 Å². The standard InChI is InChI=1S/C11H10ClNO/c12-7-6-10-8-14-13-11(10)9-4-2-1-3-5-9/h1-5,8H,6-7H2. The van der Waals surface area contributed by atoms with Gasteiger partial charge in [0.25, 0.3) is 0 Å². The van der Waals surface area contributed by atoms with Gasteiger partial charge in [-0.15, -0.1) is 11.6 Å². The molecule has 2 nitrogen and oxygen atoms in total. The molecule has 0 unspecified atom stereocenters. The molecule has 0 aliphatic carbocycles. The molecular formula is C11H10ClNO. The summed E-state index contributed by atoms with van der Waals surface area (Å²) in [6.45, 7) is 0. The molecule has 0 saturated heterocycles. The highest BCUT2D eigenvalue weighted by molar-refractivity contribution is 6.18. The molecule has 3 heteroatoms. The van der Waals surface area contributed by atoms with Crippen molar-refractivity contribution in [2.75, 3.05) is 5.88 Å². The molecule has 0 amide bonds. The average Bonchev–Trinajstić information content (AvgIpc) is 2.68. The summed E-state index contributed by atoms with van der Waals surface area (Å²) in [5, 5.41) is 3.97. The van der Waals surface area contributed by atoms with Crippen molar-refractivity contribution in [3.05, 3.63) is 42.2 Å². The number of aromatic nitrogens is 1. The van der Waals surface area contributed by atoms with Crippen LogP contribution in [0.2, 0.25) is 0 Å². The van der Waals surface area contributed by atoms with Crippen LogP contribution in [-0.4, -0.2) is 11.0 Å². The zero-order valence-corrected chi connectivity index (χ0v) is 8.37. The third-order valence-corrected chi connectivity index (χ3v) is 2.24. The van der Waals surface area contributed by atoms with Crippen molar-refractivity contribution in [1.29, 1.82) is 0 Å². The van der Waals surface area contributed by atoms with Crippen molar-refractivity contribution in [2.45, 2.75) is 6.42 Å². The molecule has 0 N–H and O–H groups in total. The monoisotopic (exact) mass is 207 g/mol. The molecule has 1 aromatic carbocycles. The summed E-state index contributed by atoms with van der Waals surface area (Å²) in [5.41, 5.74) is 3.03. The van der Waals surface area contributed by atoms with Gasteiger partial charge < -0.3 is 4.52 Å². The quantitative estimate of drug-likeness (QED) is 0.723. The van der Waals surface area contributed by atoms with E-state index in [4.69, 9.17) is 16.1 Å². The van der Waals surface area contributed by atoms with Crippen LogP contribution in [0.3, 0.4) is 0 Å². The van der Waals surface area contributed by atoms with Crippen molar-refractivity contribution in [2.24, 2.45) is 0 Å². The second-order valence-electron chi connectivity index (χ2n) is 2.99. The van der Waals surface area contributed by atoms with Crippen LogP contribution in [0.25, 0.3) is 11.3 Å². The van der Waals surface area contributed by atoms with Crippen LogP contribution in [-0.2, 0) is 6.42 Å². The molecule has 0 aliphatic rings. The maximum atomic E-state index is 5.68. The third-order valence-electron chi connectivity index (χ3n) is 2.05. The van der Waals surface area contributed by atoms with Gasteiger partial charge in [-0.1, -0.05) is 35.5 Å². The number of rotatable bonds is 3. The third kappa shape index (κ3) is 1.80. The first-order valence-electron chi connectivity index (χ1n) is 4.46. The fraction of sp³-hybridized carbons (Fsp3) is 0.182. The summed E-state index contributed by atoms with van der Waals surface area (Å²) >= 11 is 5.68. The summed E-state index contributed by atoms with van der Waals surface area (Å²) in [6, 6.07) is 9.96. The molecule has 0 atom stereocenters. The van der Waals surface area contributed by atoms with E-state index in [1.54, 1.807) is 6.26 Å². The number of hydrogen-bond donors (Lipinski definition) is 0. The SMILES string of the molecule is ClCCc1conc1-c1ccccc1. The lowest BCUT2D eigenvalue weighted by atomic mass is 10.1. The fourth-order valence-electron chi connectivity index (χ4n) is 1.37. The Labute approximate surface area is 87.5 Å². The number of aryl methyl sites for hydroxylation is 1. The van der Waals surface area contributed by atoms with E-state index in [9.17, 15) is 0 Å². The van der Waals surface area contributed by atoms with Crippen LogP contribution >= 0.6 is 11.6 Å². The van der Waals surface area contributed by atoms with Crippen LogP contribution in [0.15, 0.2) is 41.1 Å². The number of hydrogen-bond acceptors (Lipinski definition) is 2. The van der Waals surface area contributed by atoms with Gasteiger partial charge in [0.2, 0.25) is 0 Å². The highest BCUT2D eigenvalue weighted by Crippen LogP contribution is 2.22. The van der Waals surface area contributed by atoms with Gasteiger partial charge in [-0.3, -0.25) is 0 Å². The van der Waals surface area contributed by atoms with Gasteiger partial charge in [0.05, 0.1) is 0 Å². The summed E-state index contributed by atoms with van der Waals surface area (Å²) in [6.07, 6.45) is 2.44. The Bertz CT molecular complexity index is 397. The van der Waals surface area contributed by atoms with Gasteiger partial charge in [-0.05, 0) is 6.42 Å². The zero-order chi connectivity index (χ0) is 9.80. The van der Waals surface area contributed by atoms with Crippen molar-refractivity contribution in [3.8, 4) is 11.3 Å². The molecule has 0 radical (unpaired) electrons. The Morgan fingerprint density at radius 3 is 2.71 bits per heavy atom. The zero-order valence-electron chi connectivity index (χ0n) is 7.61. The molecule has 72 valence electrons. The molecule has 2 rings (SSSR count). The Morgan fingerprint density at radius 1 is 1.21 bits per heavy atom. The second kappa shape index (κ2) is 4.29. The van der Waals surface area contributed by atoms with E-state index in [0.717, 1.165) is 23.2 Å². The smallest absolute Gasteiger partial charge is 0.127 e. The minimum Gasteiger partial charge on any atom is -0.364 e. The van der Waals surface area contributed by atoms with E-state index in [0.29, 0.717) is 5.88 Å². The summed E-state index contributed by atoms with van der Waals surface area (Å²) in [4.78, 5) is 0. The minimum absolute atomic E-state index is 0.584. The van der Waals surface area contributed by atoms with Gasteiger partial charge in [0.15, 0.2) is 0 Å². The van der Waals surface area contributed by atoms with Crippen molar-refractivity contribution < 1.29 is 4.52 Å². The molecule has 14 heavy (non-hydrogen) atoms. The predicted molar refractivity (Wildman–Crippen MR) is 56.4 cm³/mol. The lowest BCUT2D eigenvalue weighted by Gasteiger charge is -1.97. The van der Waals surface area contributed by atoms with Gasteiger partial charge in [0, 0.05) is 17.0 Å². The topological polar surface area (TPSA) is 26.0 Å². The Balaban J connectivity index is 2.37. The fourth-order valence-corrected chi connectivity index (χ4v) is 1.57. The van der Waals surface area contributed by atoms with Gasteiger partial charge in [0.1, 0.15) is 12.0 Å². The number of benzene rings is 1. The average molecular weight is 208 g/mol. The first-order chi connectivity index (χ1) is 6.92. The summed E-state index contributed by atoms with van der Waals surface area (Å²) < 4.78 is 4.94. The van der Waals surface area contributed by atoms with Crippen LogP contribution in [0.4, 0.5) is 0 Å². The lowest BCUT2D eigenvalue weighted by Crippen LogP contribution is -1.87. The summed E-state index contributed by atoms with van der Waals surface area (Å²) in [7, 11) is 0. The van der Waals surface area contributed by atoms with Crippen LogP contribution < -0.4 is 0 Å². The highest BCUT2D eigenvalue weighted by atomic mass is 35.5. The Morgan fingerprint density at radius 2 is 2.00 bits per heavy atom. The number of nitrogens with zero attached hydrogens (tertiary/aromatic N) is 1. The molecule has 0 aliphatic heterocycles. The molecule has 2 aromatic rings. The van der Waals surface area contributed by atoms with Crippen molar-refractivity contribution in [3.63, 3.8) is 0 Å². The summed E-state index contributed by atoms with van der Waals surface area (Å²) in [5.74, 6) is 0.584. The van der Waals surface area contributed by atoms with Gasteiger partial charge in [-0.2, -0.15) is 0 Å². The van der Waals surface area contributed by atoms with E-state index in [1.165, 1.54) is 0 Å². The minimum atomic E-state index is 0.584. The van der Waals surface area contributed by atoms with Crippen LogP contribution in [0.5, 0.6) is 0 Å². The van der Waals surface area contributed by atoms with E-state index in [2.05, 4.69) is 5.16 Å². The molecular weight excluding hydrogens is 198 g/mol. The lowest BCUT2D eigenvalue weighted by molar-refractivity contribution is 0.421. The molecule has 0 spiro atoms. The largest absolute Gasteiger partial charge is 0.364 e. The predicted octanol–water partition coefficient (Wildman–Crippen LogP) is 3.12. The van der Waals surface area contributed by atoms with E-state index in [1.807, 2.05) is 30.3 Å². The molecule has 0 fully saturated rings. The first-order valence-corrected chi connectivity index (χ1v) is 5.00. The van der Waals surface area contributed by atoms with E-state index >= 15 is 0 Å². The highest BCUT2D eigenvalue weighted by Gasteiger charge is 2.08. The molecule has 1 aromatic heterocycles. The first kappa shape index (κ1) is 9.28. The van der Waals surface area contributed by atoms with Crippen LogP contribution in [0.1, 0.15) is 5.56 Å². The molecule has 0 saturated carbocycles. The molecule has 0 bridgehead atoms. The maximum absolute atomic E-state index is 5.68. The Kier molecular flexibility index (Phi) is 2.84. The van der Waals surface area contributed by atoms with Crippen molar-refractivity contribution >= 4 is 11.6 Å². The normalized spacial score (nSPS) is 10.4. The maximum Gasteiger partial charge on any atom is 0.127 e.